The Labute approximate surface area is 105 Å². The van der Waals surface area contributed by atoms with E-state index < -0.39 is 26.2 Å². The number of hydrogen-bond acceptors (Lipinski definition) is 2. The summed E-state index contributed by atoms with van der Waals surface area (Å²) < 4.78 is 43.2. The molecule has 0 spiro atoms. The van der Waals surface area contributed by atoms with Crippen molar-refractivity contribution in [3.8, 4) is 6.07 Å². The zero-order valence-electron chi connectivity index (χ0n) is 10.4. The highest BCUT2D eigenvalue weighted by atomic mass is 28.4. The Morgan fingerprint density at radius 2 is 1.89 bits per heavy atom. The molecule has 0 aliphatic carbocycles. The highest BCUT2D eigenvalue weighted by Crippen LogP contribution is 2.31. The zero-order chi connectivity index (χ0) is 14.0. The van der Waals surface area contributed by atoms with E-state index in [1.165, 1.54) is 12.1 Å². The van der Waals surface area contributed by atoms with Crippen molar-refractivity contribution in [3.05, 3.63) is 35.4 Å². The molecule has 6 heteroatoms. The molecule has 0 N–H and O–H groups in total. The summed E-state index contributed by atoms with van der Waals surface area (Å²) in [4.78, 5) is 0. The lowest BCUT2D eigenvalue weighted by atomic mass is 10.1. The van der Waals surface area contributed by atoms with E-state index in [2.05, 4.69) is 0 Å². The minimum absolute atomic E-state index is 0.245. The summed E-state index contributed by atoms with van der Waals surface area (Å²) in [6, 6.07) is 6.61. The summed E-state index contributed by atoms with van der Waals surface area (Å²) in [6.07, 6.45) is -5.35. The predicted molar refractivity (Wildman–Crippen MR) is 64.2 cm³/mol. The molecule has 0 unspecified atom stereocenters. The third-order valence-corrected chi connectivity index (χ3v) is 3.05. The topological polar surface area (TPSA) is 33.0 Å². The summed E-state index contributed by atoms with van der Waals surface area (Å²) in [5.74, 6) is 0. The summed E-state index contributed by atoms with van der Waals surface area (Å²) in [5.41, 5.74) is -0.519. The van der Waals surface area contributed by atoms with Gasteiger partial charge in [0.2, 0.25) is 0 Å². The summed E-state index contributed by atoms with van der Waals surface area (Å²) in [5, 5.41) is 9.00. The van der Waals surface area contributed by atoms with Crippen LogP contribution in [0.5, 0.6) is 0 Å². The Balaban J connectivity index is 3.06. The van der Waals surface area contributed by atoms with Gasteiger partial charge in [-0.1, -0.05) is 12.1 Å². The molecule has 18 heavy (non-hydrogen) atoms. The fraction of sp³-hybridized carbons (Fsp3) is 0.417. The van der Waals surface area contributed by atoms with Gasteiger partial charge in [0.1, 0.15) is 0 Å². The number of halogens is 3. The molecule has 2 nitrogen and oxygen atoms in total. The Hall–Kier alpha value is -1.32. The Morgan fingerprint density at radius 3 is 2.33 bits per heavy atom. The Kier molecular flexibility index (Phi) is 4.19. The minimum Gasteiger partial charge on any atom is -0.399 e. The van der Waals surface area contributed by atoms with Gasteiger partial charge >= 0.3 is 6.18 Å². The average molecular weight is 273 g/mol. The van der Waals surface area contributed by atoms with Crippen molar-refractivity contribution < 1.29 is 17.6 Å². The van der Waals surface area contributed by atoms with Gasteiger partial charge in [0, 0.05) is 0 Å². The maximum atomic E-state index is 12.6. The summed E-state index contributed by atoms with van der Waals surface area (Å²) in [7, 11) is -1.99. The van der Waals surface area contributed by atoms with E-state index in [0.717, 1.165) is 12.1 Å². The van der Waals surface area contributed by atoms with Gasteiger partial charge in [-0.15, -0.1) is 0 Å². The Morgan fingerprint density at radius 1 is 1.28 bits per heavy atom. The standard InChI is InChI=1S/C12H14F3NOSi/c1-18(2,3)17-11(8-16)9-5-4-6-10(7-9)12(13,14)15/h4-7,11H,1-3H3/t11-/m0/s1. The van der Waals surface area contributed by atoms with Crippen LogP contribution in [-0.4, -0.2) is 8.32 Å². The molecule has 0 aliphatic heterocycles. The number of alkyl halides is 3. The van der Waals surface area contributed by atoms with E-state index in [9.17, 15) is 13.2 Å². The van der Waals surface area contributed by atoms with Gasteiger partial charge in [-0.2, -0.15) is 18.4 Å². The van der Waals surface area contributed by atoms with Crippen molar-refractivity contribution in [1.82, 2.24) is 0 Å². The van der Waals surface area contributed by atoms with Crippen LogP contribution < -0.4 is 0 Å². The number of rotatable bonds is 3. The SMILES string of the molecule is C[Si](C)(C)O[C@@H](C#N)c1cccc(C(F)(F)F)c1. The monoisotopic (exact) mass is 273 g/mol. The summed E-state index contributed by atoms with van der Waals surface area (Å²) >= 11 is 0. The Bertz CT molecular complexity index is 460. The first-order valence-corrected chi connectivity index (χ1v) is 8.79. The molecular formula is C12H14F3NOSi. The van der Waals surface area contributed by atoms with Gasteiger partial charge < -0.3 is 4.43 Å². The van der Waals surface area contributed by atoms with Crippen molar-refractivity contribution in [2.24, 2.45) is 0 Å². The predicted octanol–water partition coefficient (Wildman–Crippen LogP) is 4.12. The fourth-order valence-corrected chi connectivity index (χ4v) is 2.30. The smallest absolute Gasteiger partial charge is 0.399 e. The number of nitriles is 1. The molecule has 0 fully saturated rings. The van der Waals surface area contributed by atoms with E-state index in [1.54, 1.807) is 0 Å². The van der Waals surface area contributed by atoms with Crippen molar-refractivity contribution >= 4 is 8.32 Å². The molecule has 98 valence electrons. The third kappa shape index (κ3) is 4.16. The number of benzene rings is 1. The van der Waals surface area contributed by atoms with Crippen LogP contribution in [0.3, 0.4) is 0 Å². The maximum absolute atomic E-state index is 12.6. The molecule has 0 saturated heterocycles. The maximum Gasteiger partial charge on any atom is 0.416 e. The summed E-state index contributed by atoms with van der Waals surface area (Å²) in [6.45, 7) is 5.64. The molecule has 1 aromatic carbocycles. The van der Waals surface area contributed by atoms with Crippen molar-refractivity contribution in [2.75, 3.05) is 0 Å². The van der Waals surface area contributed by atoms with Crippen LogP contribution in [0.2, 0.25) is 19.6 Å². The van der Waals surface area contributed by atoms with Gasteiger partial charge in [0.15, 0.2) is 14.4 Å². The zero-order valence-corrected chi connectivity index (χ0v) is 11.4. The molecule has 0 radical (unpaired) electrons. The molecule has 0 aromatic heterocycles. The van der Waals surface area contributed by atoms with Crippen LogP contribution in [0.1, 0.15) is 17.2 Å². The number of nitrogens with zero attached hydrogens (tertiary/aromatic N) is 1. The second-order valence-corrected chi connectivity index (χ2v) is 9.32. The van der Waals surface area contributed by atoms with E-state index in [0.29, 0.717) is 0 Å². The lowest BCUT2D eigenvalue weighted by molar-refractivity contribution is -0.137. The van der Waals surface area contributed by atoms with E-state index in [1.807, 2.05) is 25.7 Å². The van der Waals surface area contributed by atoms with Crippen molar-refractivity contribution in [3.63, 3.8) is 0 Å². The molecule has 0 aliphatic rings. The van der Waals surface area contributed by atoms with Crippen LogP contribution in [0.25, 0.3) is 0 Å². The van der Waals surface area contributed by atoms with Gasteiger partial charge in [-0.25, -0.2) is 0 Å². The second kappa shape index (κ2) is 5.12. The van der Waals surface area contributed by atoms with Crippen molar-refractivity contribution in [2.45, 2.75) is 31.9 Å². The van der Waals surface area contributed by atoms with E-state index in [-0.39, 0.29) is 5.56 Å². The lowest BCUT2D eigenvalue weighted by Gasteiger charge is -2.22. The van der Waals surface area contributed by atoms with Gasteiger partial charge in [0.05, 0.1) is 11.6 Å². The third-order valence-electron chi connectivity index (χ3n) is 2.11. The highest BCUT2D eigenvalue weighted by molar-refractivity contribution is 6.69. The van der Waals surface area contributed by atoms with Gasteiger partial charge in [-0.3, -0.25) is 0 Å². The second-order valence-electron chi connectivity index (χ2n) is 4.86. The van der Waals surface area contributed by atoms with Crippen LogP contribution >= 0.6 is 0 Å². The first-order chi connectivity index (χ1) is 8.13. The van der Waals surface area contributed by atoms with Gasteiger partial charge in [0.25, 0.3) is 0 Å². The van der Waals surface area contributed by atoms with Crippen LogP contribution in [0.15, 0.2) is 24.3 Å². The molecule has 0 amide bonds. The molecule has 1 aromatic rings. The van der Waals surface area contributed by atoms with Crippen LogP contribution in [0, 0.1) is 11.3 Å². The molecule has 0 heterocycles. The molecule has 1 atom stereocenters. The van der Waals surface area contributed by atoms with Crippen molar-refractivity contribution in [1.29, 1.82) is 5.26 Å². The molecule has 0 saturated carbocycles. The van der Waals surface area contributed by atoms with Gasteiger partial charge in [-0.05, 0) is 37.3 Å². The largest absolute Gasteiger partial charge is 0.416 e. The quantitative estimate of drug-likeness (QED) is 0.776. The normalized spacial score (nSPS) is 14.1. The first kappa shape index (κ1) is 14.7. The highest BCUT2D eigenvalue weighted by Gasteiger charge is 2.31. The minimum atomic E-state index is -4.41. The molecular weight excluding hydrogens is 259 g/mol. The fourth-order valence-electron chi connectivity index (χ4n) is 1.40. The van der Waals surface area contributed by atoms with E-state index >= 15 is 0 Å². The number of hydrogen-bond donors (Lipinski definition) is 0. The van der Waals surface area contributed by atoms with Crippen LogP contribution in [0.4, 0.5) is 13.2 Å². The molecule has 0 bridgehead atoms. The van der Waals surface area contributed by atoms with E-state index in [4.69, 9.17) is 9.69 Å². The first-order valence-electron chi connectivity index (χ1n) is 5.38. The average Bonchev–Trinajstić information content (AvgIpc) is 2.23. The molecule has 1 rings (SSSR count). The van der Waals surface area contributed by atoms with Crippen LogP contribution in [-0.2, 0) is 10.6 Å². The lowest BCUT2D eigenvalue weighted by Crippen LogP contribution is -2.27.